The molecule has 0 heterocycles. The van der Waals surface area contributed by atoms with Gasteiger partial charge in [-0.2, -0.15) is 0 Å². The molecule has 0 radical (unpaired) electrons. The topological polar surface area (TPSA) is 84.9 Å². The fraction of sp³-hybridized carbons (Fsp3) is 0.381. The number of amides is 1. The van der Waals surface area contributed by atoms with Gasteiger partial charge in [-0.15, -0.1) is 0 Å². The van der Waals surface area contributed by atoms with Crippen LogP contribution in [0, 0.1) is 5.82 Å². The van der Waals surface area contributed by atoms with Crippen LogP contribution in [0.25, 0.3) is 0 Å². The summed E-state index contributed by atoms with van der Waals surface area (Å²) in [6, 6.07) is 10.7. The smallest absolute Gasteiger partial charge is 0.244 e. The Labute approximate surface area is 176 Å². The summed E-state index contributed by atoms with van der Waals surface area (Å²) in [6.45, 7) is 3.67. The maximum Gasteiger partial charge on any atom is 0.244 e. The Morgan fingerprint density at radius 2 is 1.67 bits per heavy atom. The summed E-state index contributed by atoms with van der Waals surface area (Å²) >= 11 is 0. The fourth-order valence-electron chi connectivity index (χ4n) is 2.92. The minimum absolute atomic E-state index is 0.198. The molecule has 0 unspecified atom stereocenters. The Bertz CT molecular complexity index is 933. The zero-order valence-corrected chi connectivity index (χ0v) is 18.3. The first-order valence-corrected chi connectivity index (χ1v) is 11.3. The normalized spacial score (nSPS) is 13.2. The SMILES string of the molecule is CC[C@H](C(=O)N[C@@H](C)COc1ccc(OC)cc1)N(c1ccc(F)cc1)S(C)(=O)=O. The minimum atomic E-state index is -3.78. The number of sulfonamides is 1. The van der Waals surface area contributed by atoms with E-state index in [0.29, 0.717) is 11.5 Å². The number of nitrogens with zero attached hydrogens (tertiary/aromatic N) is 1. The van der Waals surface area contributed by atoms with E-state index in [4.69, 9.17) is 9.47 Å². The van der Waals surface area contributed by atoms with Crippen molar-refractivity contribution < 1.29 is 27.1 Å². The van der Waals surface area contributed by atoms with Gasteiger partial charge in [0.15, 0.2) is 0 Å². The van der Waals surface area contributed by atoms with Gasteiger partial charge in [-0.3, -0.25) is 9.10 Å². The van der Waals surface area contributed by atoms with Crippen molar-refractivity contribution in [2.45, 2.75) is 32.4 Å². The quantitative estimate of drug-likeness (QED) is 0.617. The Balaban J connectivity index is 2.07. The zero-order chi connectivity index (χ0) is 22.3. The second-order valence-electron chi connectivity index (χ2n) is 6.86. The average molecular weight is 439 g/mol. The molecule has 2 atom stereocenters. The lowest BCUT2D eigenvalue weighted by Crippen LogP contribution is -2.52. The first kappa shape index (κ1) is 23.5. The highest BCUT2D eigenvalue weighted by Crippen LogP contribution is 2.23. The third kappa shape index (κ3) is 6.35. The molecule has 30 heavy (non-hydrogen) atoms. The lowest BCUT2D eigenvalue weighted by atomic mass is 10.1. The number of anilines is 1. The van der Waals surface area contributed by atoms with Crippen LogP contribution in [0.4, 0.5) is 10.1 Å². The Morgan fingerprint density at radius 1 is 1.10 bits per heavy atom. The molecule has 0 aliphatic carbocycles. The van der Waals surface area contributed by atoms with E-state index in [1.807, 2.05) is 0 Å². The van der Waals surface area contributed by atoms with Crippen LogP contribution >= 0.6 is 0 Å². The standard InChI is InChI=1S/C21H27FN2O5S/c1-5-20(24(30(4,26)27)17-8-6-16(22)7-9-17)21(25)23-15(2)14-29-19-12-10-18(28-3)11-13-19/h6-13,15,20H,5,14H2,1-4H3,(H,23,25)/t15-,20+/m0/s1. The molecular formula is C21H27FN2O5S. The van der Waals surface area contributed by atoms with E-state index in [0.717, 1.165) is 22.7 Å². The van der Waals surface area contributed by atoms with Gasteiger partial charge in [0.05, 0.1) is 25.1 Å². The second kappa shape index (κ2) is 10.3. The first-order valence-electron chi connectivity index (χ1n) is 9.48. The number of halogens is 1. The molecule has 2 aromatic carbocycles. The van der Waals surface area contributed by atoms with E-state index in [1.54, 1.807) is 45.2 Å². The molecule has 1 N–H and O–H groups in total. The number of rotatable bonds is 10. The fourth-order valence-corrected chi connectivity index (χ4v) is 4.13. The van der Waals surface area contributed by atoms with Crippen LogP contribution in [0.15, 0.2) is 48.5 Å². The molecule has 0 aliphatic rings. The van der Waals surface area contributed by atoms with E-state index in [1.165, 1.54) is 12.1 Å². The average Bonchev–Trinajstić information content (AvgIpc) is 2.70. The molecule has 0 aliphatic heterocycles. The monoisotopic (exact) mass is 438 g/mol. The van der Waals surface area contributed by atoms with Crippen molar-refractivity contribution in [2.75, 3.05) is 24.3 Å². The number of hydrogen-bond donors (Lipinski definition) is 1. The number of ether oxygens (including phenoxy) is 2. The summed E-state index contributed by atoms with van der Waals surface area (Å²) in [5, 5.41) is 2.79. The second-order valence-corrected chi connectivity index (χ2v) is 8.71. The maximum atomic E-state index is 13.3. The molecule has 0 saturated carbocycles. The zero-order valence-electron chi connectivity index (χ0n) is 17.5. The largest absolute Gasteiger partial charge is 0.497 e. The predicted molar refractivity (Wildman–Crippen MR) is 114 cm³/mol. The van der Waals surface area contributed by atoms with E-state index in [2.05, 4.69) is 5.32 Å². The highest BCUT2D eigenvalue weighted by Gasteiger charge is 2.32. The van der Waals surface area contributed by atoms with Crippen LogP contribution in [-0.4, -0.2) is 46.4 Å². The summed E-state index contributed by atoms with van der Waals surface area (Å²) in [5.74, 6) is 0.372. The number of hydrogen-bond acceptors (Lipinski definition) is 5. The molecule has 0 fully saturated rings. The number of methoxy groups -OCH3 is 1. The molecule has 0 saturated heterocycles. The third-order valence-electron chi connectivity index (χ3n) is 4.36. The molecule has 2 rings (SSSR count). The summed E-state index contributed by atoms with van der Waals surface area (Å²) in [4.78, 5) is 12.8. The van der Waals surface area contributed by atoms with Crippen LogP contribution in [-0.2, 0) is 14.8 Å². The Kier molecular flexibility index (Phi) is 8.05. The van der Waals surface area contributed by atoms with Crippen molar-refractivity contribution in [2.24, 2.45) is 0 Å². The van der Waals surface area contributed by atoms with Crippen molar-refractivity contribution in [3.8, 4) is 11.5 Å². The molecule has 0 spiro atoms. The Morgan fingerprint density at radius 3 is 2.17 bits per heavy atom. The van der Waals surface area contributed by atoms with Gasteiger partial charge in [-0.05, 0) is 61.9 Å². The summed E-state index contributed by atoms with van der Waals surface area (Å²) in [7, 11) is -2.21. The third-order valence-corrected chi connectivity index (χ3v) is 5.54. The van der Waals surface area contributed by atoms with Crippen LogP contribution < -0.4 is 19.1 Å². The van der Waals surface area contributed by atoms with Crippen molar-refractivity contribution in [1.82, 2.24) is 5.32 Å². The van der Waals surface area contributed by atoms with Crippen molar-refractivity contribution in [3.63, 3.8) is 0 Å². The van der Waals surface area contributed by atoms with Gasteiger partial charge in [-0.1, -0.05) is 6.92 Å². The van der Waals surface area contributed by atoms with Crippen molar-refractivity contribution in [3.05, 3.63) is 54.3 Å². The van der Waals surface area contributed by atoms with Gasteiger partial charge in [0.25, 0.3) is 0 Å². The van der Waals surface area contributed by atoms with Gasteiger partial charge < -0.3 is 14.8 Å². The van der Waals surface area contributed by atoms with Gasteiger partial charge >= 0.3 is 0 Å². The molecule has 0 aromatic heterocycles. The Hall–Kier alpha value is -2.81. The van der Waals surface area contributed by atoms with E-state index in [-0.39, 0.29) is 24.8 Å². The van der Waals surface area contributed by atoms with Crippen molar-refractivity contribution in [1.29, 1.82) is 0 Å². The number of nitrogens with one attached hydrogen (secondary N) is 1. The lowest BCUT2D eigenvalue weighted by Gasteiger charge is -2.31. The van der Waals surface area contributed by atoms with E-state index < -0.39 is 27.8 Å². The molecule has 2 aromatic rings. The molecule has 0 bridgehead atoms. The number of benzene rings is 2. The summed E-state index contributed by atoms with van der Waals surface area (Å²) in [6.07, 6.45) is 1.25. The molecule has 1 amide bonds. The van der Waals surface area contributed by atoms with Crippen LogP contribution in [0.3, 0.4) is 0 Å². The maximum absolute atomic E-state index is 13.3. The molecule has 9 heteroatoms. The van der Waals surface area contributed by atoms with Gasteiger partial charge in [0.2, 0.25) is 15.9 Å². The van der Waals surface area contributed by atoms with Gasteiger partial charge in [-0.25, -0.2) is 12.8 Å². The van der Waals surface area contributed by atoms with E-state index in [9.17, 15) is 17.6 Å². The molecule has 7 nitrogen and oxygen atoms in total. The predicted octanol–water partition coefficient (Wildman–Crippen LogP) is 2.96. The van der Waals surface area contributed by atoms with Crippen LogP contribution in [0.5, 0.6) is 11.5 Å². The molecule has 164 valence electrons. The number of carbonyl (C=O) groups excluding carboxylic acids is 1. The highest BCUT2D eigenvalue weighted by atomic mass is 32.2. The molecular weight excluding hydrogens is 411 g/mol. The van der Waals surface area contributed by atoms with Crippen LogP contribution in [0.2, 0.25) is 0 Å². The highest BCUT2D eigenvalue weighted by molar-refractivity contribution is 7.92. The van der Waals surface area contributed by atoms with Crippen molar-refractivity contribution >= 4 is 21.6 Å². The van der Waals surface area contributed by atoms with Crippen LogP contribution in [0.1, 0.15) is 20.3 Å². The summed E-state index contributed by atoms with van der Waals surface area (Å²) < 4.78 is 49.8. The lowest BCUT2D eigenvalue weighted by molar-refractivity contribution is -0.123. The summed E-state index contributed by atoms with van der Waals surface area (Å²) in [5.41, 5.74) is 0.225. The number of carbonyl (C=O) groups is 1. The van der Waals surface area contributed by atoms with Gasteiger partial charge in [0, 0.05) is 0 Å². The first-order chi connectivity index (χ1) is 14.2. The van der Waals surface area contributed by atoms with Gasteiger partial charge in [0.1, 0.15) is 30.0 Å². The minimum Gasteiger partial charge on any atom is -0.497 e. The van der Waals surface area contributed by atoms with E-state index >= 15 is 0 Å².